The Morgan fingerprint density at radius 1 is 1.15 bits per heavy atom. The summed E-state index contributed by atoms with van der Waals surface area (Å²) in [5, 5.41) is 14.2. The lowest BCUT2D eigenvalue weighted by atomic mass is 10.2. The highest BCUT2D eigenvalue weighted by molar-refractivity contribution is 6.06. The molecule has 5 nitrogen and oxygen atoms in total. The van der Waals surface area contributed by atoms with E-state index in [1.54, 1.807) is 30.3 Å². The smallest absolute Gasteiger partial charge is 0.416 e. The number of hydrogen-bond donors (Lipinski definition) is 2. The molecule has 0 aromatic heterocycles. The van der Waals surface area contributed by atoms with Crippen molar-refractivity contribution in [2.24, 2.45) is 0 Å². The molecule has 26 heavy (non-hydrogen) atoms. The first kappa shape index (κ1) is 18.9. The number of benzene rings is 2. The Bertz CT molecular complexity index is 870. The normalized spacial score (nSPS) is 11.4. The summed E-state index contributed by atoms with van der Waals surface area (Å²) in [4.78, 5) is 12.1. The van der Waals surface area contributed by atoms with E-state index < -0.39 is 17.6 Å². The van der Waals surface area contributed by atoms with Crippen molar-refractivity contribution < 1.29 is 22.7 Å². The van der Waals surface area contributed by atoms with Crippen LogP contribution >= 0.6 is 0 Å². The Labute approximate surface area is 147 Å². The Morgan fingerprint density at radius 3 is 2.50 bits per heavy atom. The maximum Gasteiger partial charge on any atom is 0.416 e. The molecule has 0 saturated heterocycles. The van der Waals surface area contributed by atoms with Crippen molar-refractivity contribution in [3.8, 4) is 11.8 Å². The van der Waals surface area contributed by atoms with E-state index in [-0.39, 0.29) is 11.3 Å². The van der Waals surface area contributed by atoms with Gasteiger partial charge in [-0.3, -0.25) is 4.79 Å². The monoisotopic (exact) mass is 361 g/mol. The molecule has 0 aliphatic carbocycles. The van der Waals surface area contributed by atoms with Gasteiger partial charge in [0.2, 0.25) is 0 Å². The molecule has 0 unspecified atom stereocenters. The van der Waals surface area contributed by atoms with Crippen LogP contribution in [0.3, 0.4) is 0 Å². The van der Waals surface area contributed by atoms with Crippen LogP contribution in [0.4, 0.5) is 24.5 Å². The van der Waals surface area contributed by atoms with Crippen molar-refractivity contribution in [3.63, 3.8) is 0 Å². The molecule has 0 saturated carbocycles. The fourth-order valence-electron chi connectivity index (χ4n) is 1.99. The van der Waals surface area contributed by atoms with E-state index in [4.69, 9.17) is 10.00 Å². The molecule has 8 heteroatoms. The van der Waals surface area contributed by atoms with E-state index in [0.717, 1.165) is 18.3 Å². The fourth-order valence-corrected chi connectivity index (χ4v) is 1.99. The minimum atomic E-state index is -4.53. The van der Waals surface area contributed by atoms with Crippen LogP contribution in [0.2, 0.25) is 0 Å². The van der Waals surface area contributed by atoms with Gasteiger partial charge in [-0.05, 0) is 30.3 Å². The first-order valence-electron chi connectivity index (χ1n) is 7.33. The number of carbonyl (C=O) groups is 1. The third-order valence-corrected chi connectivity index (χ3v) is 3.27. The molecule has 0 fully saturated rings. The summed E-state index contributed by atoms with van der Waals surface area (Å²) in [6, 6.07) is 12.6. The van der Waals surface area contributed by atoms with Crippen LogP contribution in [0.1, 0.15) is 5.56 Å². The maximum atomic E-state index is 12.7. The number of nitriles is 1. The van der Waals surface area contributed by atoms with Gasteiger partial charge in [0, 0.05) is 23.6 Å². The molecular formula is C18H14F3N3O2. The van der Waals surface area contributed by atoms with Gasteiger partial charge in [-0.2, -0.15) is 18.4 Å². The van der Waals surface area contributed by atoms with Crippen LogP contribution in [0.5, 0.6) is 5.75 Å². The second kappa shape index (κ2) is 8.07. The number of methoxy groups -OCH3 is 1. The molecule has 134 valence electrons. The summed E-state index contributed by atoms with van der Waals surface area (Å²) < 4.78 is 43.2. The van der Waals surface area contributed by atoms with E-state index in [9.17, 15) is 18.0 Å². The Kier molecular flexibility index (Phi) is 5.86. The van der Waals surface area contributed by atoms with Crippen LogP contribution in [-0.2, 0) is 11.0 Å². The van der Waals surface area contributed by atoms with Crippen molar-refractivity contribution in [1.82, 2.24) is 0 Å². The van der Waals surface area contributed by atoms with Gasteiger partial charge in [-0.1, -0.05) is 12.1 Å². The summed E-state index contributed by atoms with van der Waals surface area (Å²) in [5.74, 6) is -0.252. The quantitative estimate of drug-likeness (QED) is 0.619. The molecular weight excluding hydrogens is 347 g/mol. The summed E-state index contributed by atoms with van der Waals surface area (Å²) in [7, 11) is 1.50. The lowest BCUT2D eigenvalue weighted by Crippen LogP contribution is -2.15. The standard InChI is InChI=1S/C18H14F3N3O2/c1-26-16-7-3-5-14(9-16)23-11-12(10-22)17(25)24-15-6-2-4-13(8-15)18(19,20)21/h2-9,11,23H,1H3,(H,24,25)/b12-11-. The number of alkyl halides is 3. The number of amides is 1. The molecule has 0 aliphatic heterocycles. The molecule has 2 rings (SSSR count). The SMILES string of the molecule is COc1cccc(N/C=C(/C#N)C(=O)Nc2cccc(C(F)(F)F)c2)c1. The number of ether oxygens (including phenoxy) is 1. The number of carbonyl (C=O) groups excluding carboxylic acids is 1. The number of rotatable bonds is 5. The second-order valence-corrected chi connectivity index (χ2v) is 5.08. The highest BCUT2D eigenvalue weighted by Crippen LogP contribution is 2.30. The van der Waals surface area contributed by atoms with Gasteiger partial charge in [0.15, 0.2) is 0 Å². The highest BCUT2D eigenvalue weighted by atomic mass is 19.4. The summed E-state index contributed by atoms with van der Waals surface area (Å²) >= 11 is 0. The number of anilines is 2. The van der Waals surface area contributed by atoms with E-state index in [0.29, 0.717) is 11.4 Å². The summed E-state index contributed by atoms with van der Waals surface area (Å²) in [6.45, 7) is 0. The molecule has 2 aromatic carbocycles. The van der Waals surface area contributed by atoms with Crippen LogP contribution in [0.15, 0.2) is 60.3 Å². The zero-order valence-electron chi connectivity index (χ0n) is 13.6. The fraction of sp³-hybridized carbons (Fsp3) is 0.111. The molecule has 0 radical (unpaired) electrons. The maximum absolute atomic E-state index is 12.7. The van der Waals surface area contributed by atoms with Gasteiger partial charge in [0.05, 0.1) is 12.7 Å². The zero-order valence-corrected chi connectivity index (χ0v) is 13.6. The van der Waals surface area contributed by atoms with Gasteiger partial charge in [-0.15, -0.1) is 0 Å². The van der Waals surface area contributed by atoms with E-state index in [1.165, 1.54) is 19.2 Å². The van der Waals surface area contributed by atoms with Crippen LogP contribution in [-0.4, -0.2) is 13.0 Å². The van der Waals surface area contributed by atoms with Crippen molar-refractivity contribution in [3.05, 3.63) is 65.9 Å². The van der Waals surface area contributed by atoms with E-state index in [1.807, 2.05) is 0 Å². The van der Waals surface area contributed by atoms with Crippen molar-refractivity contribution in [2.45, 2.75) is 6.18 Å². The average molecular weight is 361 g/mol. The van der Waals surface area contributed by atoms with Gasteiger partial charge < -0.3 is 15.4 Å². The molecule has 0 aliphatic rings. The minimum Gasteiger partial charge on any atom is -0.497 e. The number of nitrogens with zero attached hydrogens (tertiary/aromatic N) is 1. The minimum absolute atomic E-state index is 0.0626. The van der Waals surface area contributed by atoms with Gasteiger partial charge in [0.1, 0.15) is 17.4 Å². The predicted octanol–water partition coefficient (Wildman–Crippen LogP) is 4.17. The van der Waals surface area contributed by atoms with Gasteiger partial charge in [0.25, 0.3) is 5.91 Å². The first-order chi connectivity index (χ1) is 12.3. The second-order valence-electron chi connectivity index (χ2n) is 5.08. The predicted molar refractivity (Wildman–Crippen MR) is 90.4 cm³/mol. The molecule has 1 amide bonds. The molecule has 0 atom stereocenters. The van der Waals surface area contributed by atoms with Gasteiger partial charge in [-0.25, -0.2) is 0 Å². The van der Waals surface area contributed by atoms with Crippen LogP contribution in [0, 0.1) is 11.3 Å². The van der Waals surface area contributed by atoms with Crippen LogP contribution in [0.25, 0.3) is 0 Å². The first-order valence-corrected chi connectivity index (χ1v) is 7.33. The number of hydrogen-bond acceptors (Lipinski definition) is 4. The lowest BCUT2D eigenvalue weighted by molar-refractivity contribution is -0.137. The summed E-state index contributed by atoms with van der Waals surface area (Å²) in [6.07, 6.45) is -3.36. The third kappa shape index (κ3) is 5.01. The van der Waals surface area contributed by atoms with Crippen molar-refractivity contribution in [2.75, 3.05) is 17.7 Å². The highest BCUT2D eigenvalue weighted by Gasteiger charge is 2.30. The average Bonchev–Trinajstić information content (AvgIpc) is 2.62. The topological polar surface area (TPSA) is 74.1 Å². The van der Waals surface area contributed by atoms with Gasteiger partial charge >= 0.3 is 6.18 Å². The largest absolute Gasteiger partial charge is 0.497 e. The lowest BCUT2D eigenvalue weighted by Gasteiger charge is -2.10. The van der Waals surface area contributed by atoms with Crippen molar-refractivity contribution in [1.29, 1.82) is 5.26 Å². The van der Waals surface area contributed by atoms with Crippen LogP contribution < -0.4 is 15.4 Å². The molecule has 2 N–H and O–H groups in total. The Hall–Kier alpha value is -3.47. The molecule has 0 bridgehead atoms. The Balaban J connectivity index is 2.12. The van der Waals surface area contributed by atoms with Crippen molar-refractivity contribution >= 4 is 17.3 Å². The molecule has 0 heterocycles. The zero-order chi connectivity index (χ0) is 19.2. The van der Waals surface area contributed by atoms with E-state index in [2.05, 4.69) is 10.6 Å². The third-order valence-electron chi connectivity index (χ3n) is 3.27. The number of nitrogens with one attached hydrogen (secondary N) is 2. The molecule has 0 spiro atoms. The Morgan fingerprint density at radius 2 is 1.85 bits per heavy atom. The summed E-state index contributed by atoms with van der Waals surface area (Å²) in [5.41, 5.74) is -0.686. The van der Waals surface area contributed by atoms with E-state index >= 15 is 0 Å². The molecule has 2 aromatic rings. The number of halogens is 3.